The van der Waals surface area contributed by atoms with Gasteiger partial charge >= 0.3 is 5.63 Å². The smallest absolute Gasteiger partial charge is 0.335 e. The van der Waals surface area contributed by atoms with Crippen molar-refractivity contribution in [2.75, 3.05) is 6.61 Å². The highest BCUT2D eigenvalue weighted by molar-refractivity contribution is 5.64. The number of aliphatic hydroxyl groups is 2. The lowest BCUT2D eigenvalue weighted by molar-refractivity contribution is -0.259. The van der Waals surface area contributed by atoms with Crippen molar-refractivity contribution >= 4 is 6.29 Å². The Morgan fingerprint density at radius 2 is 1.89 bits per heavy atom. The number of hydrogen-bond donors (Lipinski definition) is 2. The first kappa shape index (κ1) is 25.1. The Morgan fingerprint density at radius 1 is 1.11 bits per heavy atom. The molecule has 0 aromatic carbocycles. The van der Waals surface area contributed by atoms with E-state index in [1.165, 1.54) is 6.07 Å². The van der Waals surface area contributed by atoms with Crippen LogP contribution in [-0.4, -0.2) is 46.7 Å². The molecule has 0 bridgehead atoms. The number of hydrogen-bond acceptors (Lipinski definition) is 7. The summed E-state index contributed by atoms with van der Waals surface area (Å²) >= 11 is 0. The molecule has 1 aromatic heterocycles. The summed E-state index contributed by atoms with van der Waals surface area (Å²) in [5.41, 5.74) is -2.70. The van der Waals surface area contributed by atoms with Crippen LogP contribution < -0.4 is 5.63 Å². The van der Waals surface area contributed by atoms with E-state index in [2.05, 4.69) is 6.92 Å². The predicted molar refractivity (Wildman–Crippen MR) is 129 cm³/mol. The van der Waals surface area contributed by atoms with Crippen LogP contribution in [0.5, 0.6) is 0 Å². The summed E-state index contributed by atoms with van der Waals surface area (Å²) in [4.78, 5) is 24.4. The summed E-state index contributed by atoms with van der Waals surface area (Å²) in [5, 5.41) is 24.3. The second-order valence-corrected chi connectivity index (χ2v) is 11.8. The van der Waals surface area contributed by atoms with Crippen molar-refractivity contribution in [2.45, 2.75) is 108 Å². The van der Waals surface area contributed by atoms with Gasteiger partial charge < -0.3 is 28.9 Å². The first-order valence-electron chi connectivity index (χ1n) is 13.4. The minimum Gasteiger partial charge on any atom is -0.431 e. The first-order valence-corrected chi connectivity index (χ1v) is 13.4. The Labute approximate surface area is 207 Å². The number of aldehydes is 1. The molecule has 4 fully saturated rings. The van der Waals surface area contributed by atoms with Crippen molar-refractivity contribution < 1.29 is 28.9 Å². The SMILES string of the molecule is CCOC(C)OC1CCC2(C=O)C3CCC4(C)C(c5ccc(=O)oc5)CCC4(O)C3CCC2(O)C1. The van der Waals surface area contributed by atoms with Gasteiger partial charge in [-0.1, -0.05) is 6.92 Å². The molecule has 1 heterocycles. The zero-order valence-corrected chi connectivity index (χ0v) is 21.2. The number of ether oxygens (including phenoxy) is 2. The van der Waals surface area contributed by atoms with Crippen molar-refractivity contribution in [1.29, 1.82) is 0 Å². The lowest BCUT2D eigenvalue weighted by Crippen LogP contribution is -2.68. The summed E-state index contributed by atoms with van der Waals surface area (Å²) in [6.07, 6.45) is 7.96. The topological polar surface area (TPSA) is 106 Å². The van der Waals surface area contributed by atoms with Crippen LogP contribution in [0, 0.1) is 22.7 Å². The molecular formula is C28H40O7. The van der Waals surface area contributed by atoms with E-state index in [0.717, 1.165) is 31.1 Å². The van der Waals surface area contributed by atoms with Crippen molar-refractivity contribution in [3.63, 3.8) is 0 Å². The van der Waals surface area contributed by atoms with Crippen LogP contribution in [0.2, 0.25) is 0 Å². The lowest BCUT2D eigenvalue weighted by Gasteiger charge is -2.65. The minimum atomic E-state index is -1.13. The van der Waals surface area contributed by atoms with E-state index < -0.39 is 16.6 Å². The molecule has 1 aromatic rings. The standard InChI is InChI=1S/C28H40O7/c1-4-33-18(2)35-20-7-12-26(17-29)22-8-11-25(3)21(19-5-6-24(30)34-16-19)10-14-28(25,32)23(22)9-13-27(26,31)15-20/h5-6,16-18,20-23,31-32H,4,7-15H2,1-3H3. The average Bonchev–Trinajstić information content (AvgIpc) is 3.10. The first-order chi connectivity index (χ1) is 16.6. The van der Waals surface area contributed by atoms with Gasteiger partial charge in [0.2, 0.25) is 0 Å². The van der Waals surface area contributed by atoms with Gasteiger partial charge in [-0.2, -0.15) is 0 Å². The predicted octanol–water partition coefficient (Wildman–Crippen LogP) is 3.94. The highest BCUT2D eigenvalue weighted by Crippen LogP contribution is 2.71. The number of carbonyl (C=O) groups is 1. The average molecular weight is 489 g/mol. The number of rotatable bonds is 6. The van der Waals surface area contributed by atoms with Crippen molar-refractivity contribution in [3.8, 4) is 0 Å². The molecule has 194 valence electrons. The third-order valence-electron chi connectivity index (χ3n) is 10.6. The van der Waals surface area contributed by atoms with Crippen molar-refractivity contribution in [3.05, 3.63) is 34.4 Å². The fourth-order valence-corrected chi connectivity index (χ4v) is 8.90. The summed E-state index contributed by atoms with van der Waals surface area (Å²) in [6, 6.07) is 3.29. The van der Waals surface area contributed by atoms with E-state index in [0.29, 0.717) is 45.1 Å². The van der Waals surface area contributed by atoms with Gasteiger partial charge in [-0.15, -0.1) is 0 Å². The summed E-state index contributed by atoms with van der Waals surface area (Å²) in [6.45, 7) is 6.53. The van der Waals surface area contributed by atoms with Crippen LogP contribution >= 0.6 is 0 Å². The Kier molecular flexibility index (Phi) is 6.31. The third kappa shape index (κ3) is 3.60. The largest absolute Gasteiger partial charge is 0.431 e. The van der Waals surface area contributed by atoms with Crippen LogP contribution in [0.25, 0.3) is 0 Å². The summed E-state index contributed by atoms with van der Waals surface area (Å²) in [5.74, 6) is -0.0169. The fraction of sp³-hybridized carbons (Fsp3) is 0.786. The maximum Gasteiger partial charge on any atom is 0.335 e. The zero-order valence-electron chi connectivity index (χ0n) is 21.2. The Bertz CT molecular complexity index is 987. The highest BCUT2D eigenvalue weighted by Gasteiger charge is 2.71. The van der Waals surface area contributed by atoms with E-state index in [4.69, 9.17) is 13.9 Å². The van der Waals surface area contributed by atoms with E-state index >= 15 is 0 Å². The molecular weight excluding hydrogens is 448 g/mol. The minimum absolute atomic E-state index is 0.0488. The van der Waals surface area contributed by atoms with Crippen LogP contribution in [0.4, 0.5) is 0 Å². The molecule has 7 nitrogen and oxygen atoms in total. The number of carbonyl (C=O) groups excluding carboxylic acids is 1. The molecule has 0 spiro atoms. The maximum absolute atomic E-state index is 12.9. The van der Waals surface area contributed by atoms with E-state index in [1.54, 1.807) is 6.26 Å². The van der Waals surface area contributed by atoms with Gasteiger partial charge in [-0.25, -0.2) is 4.79 Å². The molecule has 5 rings (SSSR count). The quantitative estimate of drug-likeness (QED) is 0.461. The Hall–Kier alpha value is -1.54. The molecule has 0 radical (unpaired) electrons. The second-order valence-electron chi connectivity index (χ2n) is 11.8. The Morgan fingerprint density at radius 3 is 2.57 bits per heavy atom. The molecule has 0 saturated heterocycles. The number of fused-ring (bicyclic) bond motifs is 5. The van der Waals surface area contributed by atoms with Crippen LogP contribution in [0.1, 0.15) is 90.0 Å². The third-order valence-corrected chi connectivity index (χ3v) is 10.6. The molecule has 2 N–H and O–H groups in total. The van der Waals surface area contributed by atoms with Crippen molar-refractivity contribution in [2.24, 2.45) is 22.7 Å². The van der Waals surface area contributed by atoms with Gasteiger partial charge in [0.1, 0.15) is 6.29 Å². The van der Waals surface area contributed by atoms with E-state index in [9.17, 15) is 19.8 Å². The molecule has 35 heavy (non-hydrogen) atoms. The van der Waals surface area contributed by atoms with Gasteiger partial charge in [0.25, 0.3) is 0 Å². The molecule has 4 saturated carbocycles. The van der Waals surface area contributed by atoms with Gasteiger partial charge in [0.15, 0.2) is 6.29 Å². The molecule has 9 unspecified atom stereocenters. The molecule has 7 heteroatoms. The summed E-state index contributed by atoms with van der Waals surface area (Å²) in [7, 11) is 0. The molecule has 9 atom stereocenters. The molecule has 0 aliphatic heterocycles. The Balaban J connectivity index is 1.42. The van der Waals surface area contributed by atoms with Crippen LogP contribution in [0.15, 0.2) is 27.6 Å². The van der Waals surface area contributed by atoms with Gasteiger partial charge in [0, 0.05) is 24.5 Å². The molecule has 4 aliphatic rings. The second kappa shape index (κ2) is 8.79. The molecule has 0 amide bonds. The van der Waals surface area contributed by atoms with Crippen LogP contribution in [0.3, 0.4) is 0 Å². The van der Waals surface area contributed by atoms with Gasteiger partial charge in [-0.3, -0.25) is 0 Å². The fourth-order valence-electron chi connectivity index (χ4n) is 8.90. The van der Waals surface area contributed by atoms with E-state index in [-0.39, 0.29) is 41.2 Å². The summed E-state index contributed by atoms with van der Waals surface area (Å²) < 4.78 is 16.8. The van der Waals surface area contributed by atoms with E-state index in [1.807, 2.05) is 19.9 Å². The highest BCUT2D eigenvalue weighted by atomic mass is 16.7. The lowest BCUT2D eigenvalue weighted by atomic mass is 9.41. The van der Waals surface area contributed by atoms with Gasteiger partial charge in [-0.05, 0) is 94.6 Å². The maximum atomic E-state index is 12.9. The van der Waals surface area contributed by atoms with Gasteiger partial charge in [0.05, 0.1) is 29.0 Å². The monoisotopic (exact) mass is 488 g/mol. The van der Waals surface area contributed by atoms with Crippen molar-refractivity contribution in [1.82, 2.24) is 0 Å². The zero-order chi connectivity index (χ0) is 25.1. The molecule has 4 aliphatic carbocycles. The van der Waals surface area contributed by atoms with Crippen LogP contribution in [-0.2, 0) is 14.3 Å². The normalized spacial score (nSPS) is 45.7.